The number of ether oxygens (including phenoxy) is 1. The molecule has 8 heteroatoms. The molecule has 99 valence electrons. The summed E-state index contributed by atoms with van der Waals surface area (Å²) in [7, 11) is 0. The number of aliphatic hydroxyl groups is 1. The van der Waals surface area contributed by atoms with E-state index in [1.54, 1.807) is 24.3 Å². The molecule has 0 saturated heterocycles. The Kier molecular flexibility index (Phi) is 11.9. The maximum absolute atomic E-state index is 10.6. The molecule has 1 radical (unpaired) electrons. The van der Waals surface area contributed by atoms with Gasteiger partial charge in [-0.3, -0.25) is 0 Å². The first-order valence-electron chi connectivity index (χ1n) is 4.66. The monoisotopic (exact) mass is 351 g/mol. The van der Waals surface area contributed by atoms with Crippen LogP contribution in [-0.4, -0.2) is 22.5 Å². The second-order valence-corrected chi connectivity index (χ2v) is 3.53. The zero-order chi connectivity index (χ0) is 13.4. The number of benzene rings is 1. The summed E-state index contributed by atoms with van der Waals surface area (Å²) in [5.41, 5.74) is 5.44. The van der Waals surface area contributed by atoms with Crippen LogP contribution in [0, 0.1) is 0 Å². The van der Waals surface area contributed by atoms with E-state index in [0.717, 1.165) is 0 Å². The summed E-state index contributed by atoms with van der Waals surface area (Å²) in [4.78, 5) is 10.6. The largest absolute Gasteiger partial charge is 0.439 e. The molecule has 0 fully saturated rings. The van der Waals surface area contributed by atoms with Gasteiger partial charge >= 0.3 is 6.09 Å². The third-order valence-electron chi connectivity index (χ3n) is 1.89. The molecule has 0 aliphatic heterocycles. The molecule has 0 bridgehead atoms. The molecule has 0 aromatic heterocycles. The molecule has 6 nitrogen and oxygen atoms in total. The second kappa shape index (κ2) is 10.7. The summed E-state index contributed by atoms with van der Waals surface area (Å²) in [6, 6.07) is 6.80. The van der Waals surface area contributed by atoms with Gasteiger partial charge in [-0.1, -0.05) is 29.8 Å². The van der Waals surface area contributed by atoms with E-state index >= 15 is 0 Å². The fourth-order valence-electron chi connectivity index (χ4n) is 1.25. The number of hydrogen-bond acceptors (Lipinski definition) is 5. The fourth-order valence-corrected chi connectivity index (χ4v) is 1.50. The van der Waals surface area contributed by atoms with Gasteiger partial charge in [0.2, 0.25) is 0 Å². The van der Waals surface area contributed by atoms with Gasteiger partial charge in [0.05, 0.1) is 6.10 Å². The van der Waals surface area contributed by atoms with Crippen molar-refractivity contribution in [3.8, 4) is 0 Å². The van der Waals surface area contributed by atoms with Gasteiger partial charge in [-0.2, -0.15) is 0 Å². The molecule has 0 saturated carbocycles. The number of primary amides is 1. The smallest absolute Gasteiger partial charge is 0.405 e. The molecule has 6 N–H and O–H groups in total. The Balaban J connectivity index is 0. The summed E-state index contributed by atoms with van der Waals surface area (Å²) in [5, 5.41) is 16.4. The number of halogens is 1. The number of carbonyl (C=O) groups excluding carboxylic acids is 1. The molecule has 0 aliphatic carbocycles. The van der Waals surface area contributed by atoms with Crippen molar-refractivity contribution in [2.24, 2.45) is 11.6 Å². The van der Waals surface area contributed by atoms with E-state index in [1.165, 1.54) is 6.92 Å². The van der Waals surface area contributed by atoms with Crippen molar-refractivity contribution < 1.29 is 52.6 Å². The molecule has 1 aromatic rings. The van der Waals surface area contributed by atoms with Crippen LogP contribution in [0.4, 0.5) is 4.79 Å². The van der Waals surface area contributed by atoms with Crippen LogP contribution in [0.25, 0.3) is 0 Å². The minimum absolute atomic E-state index is 0. The average Bonchev–Trinajstić information content (AvgIpc) is 2.29. The fraction of sp³-hybridized carbons (Fsp3) is 0.300. The molecule has 1 amide bonds. The Bertz CT molecular complexity index is 365. The summed E-state index contributed by atoms with van der Waals surface area (Å²) >= 11 is 5.90. The van der Waals surface area contributed by atoms with E-state index in [9.17, 15) is 9.90 Å². The van der Waals surface area contributed by atoms with Crippen molar-refractivity contribution in [2.45, 2.75) is 19.1 Å². The molecule has 18 heavy (non-hydrogen) atoms. The van der Waals surface area contributed by atoms with Crippen molar-refractivity contribution in [3.05, 3.63) is 34.9 Å². The molecule has 0 spiro atoms. The Morgan fingerprint density at radius 2 is 1.89 bits per heavy atom. The maximum Gasteiger partial charge on any atom is 0.405 e. The second-order valence-electron chi connectivity index (χ2n) is 3.12. The Morgan fingerprint density at radius 1 is 1.39 bits per heavy atom. The van der Waals surface area contributed by atoms with Crippen LogP contribution in [-0.2, 0) is 37.4 Å². The molecule has 0 aliphatic rings. The van der Waals surface area contributed by atoms with Gasteiger partial charge < -0.3 is 20.8 Å². The van der Waals surface area contributed by atoms with Crippen LogP contribution in [0.5, 0.6) is 0 Å². The number of hydrogen-bond donors (Lipinski definition) is 4. The van der Waals surface area contributed by atoms with Gasteiger partial charge in [0, 0.05) is 43.3 Å². The van der Waals surface area contributed by atoms with E-state index in [1.807, 2.05) is 0 Å². The zero-order valence-corrected chi connectivity index (χ0v) is 13.4. The average molecular weight is 352 g/mol. The molecular weight excluding hydrogens is 336 g/mol. The van der Waals surface area contributed by atoms with Crippen LogP contribution in [0.2, 0.25) is 5.02 Å². The minimum atomic E-state index is -0.944. The Labute approximate surface area is 135 Å². The molecule has 2 unspecified atom stereocenters. The van der Waals surface area contributed by atoms with Crippen LogP contribution in [0.3, 0.4) is 0 Å². The predicted octanol–water partition coefficient (Wildman–Crippen LogP) is 1.19. The third kappa shape index (κ3) is 6.63. The van der Waals surface area contributed by atoms with Crippen molar-refractivity contribution in [1.29, 1.82) is 0 Å². The van der Waals surface area contributed by atoms with Crippen molar-refractivity contribution in [2.75, 3.05) is 0 Å². The quantitative estimate of drug-likeness (QED) is 0.610. The molecule has 0 heterocycles. The number of carbonyl (C=O) groups is 1. The van der Waals surface area contributed by atoms with Gasteiger partial charge in [0.15, 0.2) is 6.10 Å². The zero-order valence-electron chi connectivity index (χ0n) is 9.79. The van der Waals surface area contributed by atoms with Crippen LogP contribution in [0.15, 0.2) is 24.3 Å². The van der Waals surface area contributed by atoms with E-state index < -0.39 is 18.3 Å². The van der Waals surface area contributed by atoms with Crippen molar-refractivity contribution in [3.63, 3.8) is 0 Å². The van der Waals surface area contributed by atoms with Gasteiger partial charge in [-0.05, 0) is 13.0 Å². The van der Waals surface area contributed by atoms with Crippen molar-refractivity contribution >= 4 is 17.7 Å². The van der Waals surface area contributed by atoms with E-state index in [2.05, 4.69) is 5.90 Å². The summed E-state index contributed by atoms with van der Waals surface area (Å²) in [5.74, 6) is 3.50. The first-order valence-corrected chi connectivity index (χ1v) is 5.04. The van der Waals surface area contributed by atoms with E-state index in [-0.39, 0.29) is 32.7 Å². The minimum Gasteiger partial charge on any atom is -0.439 e. The molecule has 2 atom stereocenters. The molecule has 1 aromatic carbocycles. The number of rotatable bonds is 3. The van der Waals surface area contributed by atoms with E-state index in [0.29, 0.717) is 10.6 Å². The van der Waals surface area contributed by atoms with Gasteiger partial charge in [0.25, 0.3) is 0 Å². The SMILES string of the molecule is CC(O)C(OC(N)=O)c1ccccc1Cl.NO.[Y]. The molecular formula is C10H15ClN2O4Y. The summed E-state index contributed by atoms with van der Waals surface area (Å²) in [6.45, 7) is 1.50. The topological polar surface area (TPSA) is 119 Å². The normalized spacial score (nSPS) is 12.3. The van der Waals surface area contributed by atoms with Gasteiger partial charge in [0.1, 0.15) is 0 Å². The standard InChI is InChI=1S/C10H12ClNO3.H3NO.Y/c1-6(13)9(15-10(12)14)7-4-2-3-5-8(7)11;1-2;/h2-6,9,13H,1H3,(H2,12,14);2H,1H2;. The number of amides is 1. The Morgan fingerprint density at radius 3 is 2.28 bits per heavy atom. The molecule has 1 rings (SSSR count). The summed E-state index contributed by atoms with van der Waals surface area (Å²) in [6.07, 6.45) is -2.66. The number of aliphatic hydroxyl groups excluding tert-OH is 1. The van der Waals surface area contributed by atoms with Crippen LogP contribution >= 0.6 is 11.6 Å². The third-order valence-corrected chi connectivity index (χ3v) is 2.24. The van der Waals surface area contributed by atoms with E-state index in [4.69, 9.17) is 27.3 Å². The first kappa shape index (κ1) is 20.1. The Hall–Kier alpha value is -0.236. The van der Waals surface area contributed by atoms with Gasteiger partial charge in [-0.25, -0.2) is 10.7 Å². The maximum atomic E-state index is 10.6. The van der Waals surface area contributed by atoms with Crippen molar-refractivity contribution in [1.82, 2.24) is 0 Å². The first-order chi connectivity index (χ1) is 8.02. The van der Waals surface area contributed by atoms with Crippen LogP contribution < -0.4 is 11.6 Å². The predicted molar refractivity (Wildman–Crippen MR) is 62.5 cm³/mol. The van der Waals surface area contributed by atoms with Gasteiger partial charge in [-0.15, -0.1) is 0 Å². The summed E-state index contributed by atoms with van der Waals surface area (Å²) < 4.78 is 4.78. The number of nitrogens with two attached hydrogens (primary N) is 2. The van der Waals surface area contributed by atoms with Crippen LogP contribution in [0.1, 0.15) is 18.6 Å².